The van der Waals surface area contributed by atoms with E-state index in [-0.39, 0.29) is 13.2 Å². The van der Waals surface area contributed by atoms with Crippen molar-refractivity contribution in [1.29, 1.82) is 0 Å². The maximum atomic E-state index is 12.1. The molecule has 0 bridgehead atoms. The fourth-order valence-corrected chi connectivity index (χ4v) is 4.48. The van der Waals surface area contributed by atoms with Gasteiger partial charge >= 0.3 is 0 Å². The molecule has 0 aliphatic heterocycles. The SMILES string of the molecule is O=P(O)(CCCCCCCCCO)CCCCCCCCCO. The van der Waals surface area contributed by atoms with Crippen molar-refractivity contribution in [3.8, 4) is 0 Å². The molecule has 0 aromatic heterocycles. The molecule has 0 saturated heterocycles. The number of aliphatic hydroxyl groups is 2. The van der Waals surface area contributed by atoms with Crippen LogP contribution in [0, 0.1) is 0 Å². The van der Waals surface area contributed by atoms with Crippen molar-refractivity contribution in [3.63, 3.8) is 0 Å². The van der Waals surface area contributed by atoms with Crippen LogP contribution in [-0.2, 0) is 4.57 Å². The van der Waals surface area contributed by atoms with E-state index in [0.29, 0.717) is 12.3 Å². The summed E-state index contributed by atoms with van der Waals surface area (Å²) in [4.78, 5) is 9.96. The van der Waals surface area contributed by atoms with Crippen molar-refractivity contribution >= 4 is 7.37 Å². The van der Waals surface area contributed by atoms with Crippen LogP contribution in [0.5, 0.6) is 0 Å². The van der Waals surface area contributed by atoms with E-state index in [0.717, 1.165) is 77.0 Å². The molecule has 0 aromatic carbocycles. The topological polar surface area (TPSA) is 77.8 Å². The van der Waals surface area contributed by atoms with E-state index >= 15 is 0 Å². The average molecular weight is 350 g/mol. The summed E-state index contributed by atoms with van der Waals surface area (Å²) in [5.74, 6) is 0. The lowest BCUT2D eigenvalue weighted by atomic mass is 10.1. The third-order valence-corrected chi connectivity index (χ3v) is 6.36. The second kappa shape index (κ2) is 17.0. The van der Waals surface area contributed by atoms with Crippen molar-refractivity contribution in [2.75, 3.05) is 25.5 Å². The summed E-state index contributed by atoms with van der Waals surface area (Å²) in [7, 11) is -2.89. The molecule has 0 radical (unpaired) electrons. The molecular weight excluding hydrogens is 311 g/mol. The first kappa shape index (κ1) is 23.1. The molecule has 140 valence electrons. The van der Waals surface area contributed by atoms with Gasteiger partial charge in [-0.15, -0.1) is 0 Å². The number of hydrogen-bond donors (Lipinski definition) is 3. The summed E-state index contributed by atoms with van der Waals surface area (Å²) in [5.41, 5.74) is 0. The van der Waals surface area contributed by atoms with Crippen molar-refractivity contribution in [1.82, 2.24) is 0 Å². The number of aliphatic hydroxyl groups excluding tert-OH is 2. The first-order chi connectivity index (χ1) is 11.1. The predicted molar refractivity (Wildman–Crippen MR) is 98.4 cm³/mol. The number of unbranched alkanes of at least 4 members (excludes halogenated alkanes) is 12. The molecule has 0 aliphatic rings. The highest BCUT2D eigenvalue weighted by molar-refractivity contribution is 7.57. The van der Waals surface area contributed by atoms with E-state index in [9.17, 15) is 9.46 Å². The van der Waals surface area contributed by atoms with Crippen LogP contribution in [0.3, 0.4) is 0 Å². The van der Waals surface area contributed by atoms with Crippen molar-refractivity contribution in [2.24, 2.45) is 0 Å². The highest BCUT2D eigenvalue weighted by atomic mass is 31.2. The molecule has 0 aromatic rings. The fourth-order valence-electron chi connectivity index (χ4n) is 2.82. The highest BCUT2D eigenvalue weighted by Crippen LogP contribution is 2.42. The monoisotopic (exact) mass is 350 g/mol. The molecule has 0 aliphatic carbocycles. The van der Waals surface area contributed by atoms with Crippen molar-refractivity contribution in [3.05, 3.63) is 0 Å². The van der Waals surface area contributed by atoms with E-state index in [1.807, 2.05) is 0 Å². The zero-order valence-electron chi connectivity index (χ0n) is 14.9. The van der Waals surface area contributed by atoms with E-state index in [4.69, 9.17) is 10.2 Å². The first-order valence-electron chi connectivity index (χ1n) is 9.65. The Morgan fingerprint density at radius 1 is 0.478 bits per heavy atom. The Labute approximate surface area is 143 Å². The van der Waals surface area contributed by atoms with Gasteiger partial charge in [-0.25, -0.2) is 0 Å². The normalized spacial score (nSPS) is 12.0. The minimum Gasteiger partial charge on any atom is -0.396 e. The van der Waals surface area contributed by atoms with Gasteiger partial charge in [-0.3, -0.25) is 4.57 Å². The summed E-state index contributed by atoms with van der Waals surface area (Å²) < 4.78 is 12.1. The molecule has 0 atom stereocenters. The smallest absolute Gasteiger partial charge is 0.200 e. The van der Waals surface area contributed by atoms with E-state index in [1.54, 1.807) is 0 Å². The van der Waals surface area contributed by atoms with Crippen LogP contribution >= 0.6 is 7.37 Å². The van der Waals surface area contributed by atoms with Gasteiger partial charge in [0.15, 0.2) is 0 Å². The van der Waals surface area contributed by atoms with Crippen LogP contribution < -0.4 is 0 Å². The number of hydrogen-bond acceptors (Lipinski definition) is 3. The summed E-state index contributed by atoms with van der Waals surface area (Å²) >= 11 is 0. The Morgan fingerprint density at radius 2 is 0.739 bits per heavy atom. The zero-order chi connectivity index (χ0) is 17.2. The van der Waals surface area contributed by atoms with E-state index < -0.39 is 7.37 Å². The van der Waals surface area contributed by atoms with Gasteiger partial charge in [-0.05, 0) is 25.7 Å². The Hall–Kier alpha value is 0.110. The second-order valence-corrected chi connectivity index (χ2v) is 9.28. The van der Waals surface area contributed by atoms with Gasteiger partial charge in [0.05, 0.1) is 0 Å². The van der Waals surface area contributed by atoms with E-state index in [1.165, 1.54) is 12.8 Å². The van der Waals surface area contributed by atoms with Gasteiger partial charge in [0, 0.05) is 25.5 Å². The van der Waals surface area contributed by atoms with Gasteiger partial charge < -0.3 is 15.1 Å². The van der Waals surface area contributed by atoms with Gasteiger partial charge in [0.1, 0.15) is 0 Å². The third-order valence-electron chi connectivity index (χ3n) is 4.33. The van der Waals surface area contributed by atoms with E-state index in [2.05, 4.69) is 0 Å². The molecule has 0 saturated carbocycles. The molecule has 3 N–H and O–H groups in total. The Bertz CT molecular complexity index is 260. The van der Waals surface area contributed by atoms with Crippen LogP contribution in [0.1, 0.15) is 89.9 Å². The van der Waals surface area contributed by atoms with Crippen LogP contribution in [0.2, 0.25) is 0 Å². The summed E-state index contributed by atoms with van der Waals surface area (Å²) in [6, 6.07) is 0. The minimum atomic E-state index is -2.89. The zero-order valence-corrected chi connectivity index (χ0v) is 15.8. The highest BCUT2D eigenvalue weighted by Gasteiger charge is 2.16. The molecule has 0 spiro atoms. The Kier molecular flexibility index (Phi) is 17.0. The molecule has 5 heteroatoms. The maximum Gasteiger partial charge on any atom is 0.200 e. The second-order valence-electron chi connectivity index (χ2n) is 6.69. The molecule has 0 fully saturated rings. The summed E-state index contributed by atoms with van der Waals surface area (Å²) in [6.07, 6.45) is 15.7. The summed E-state index contributed by atoms with van der Waals surface area (Å²) in [5, 5.41) is 17.4. The van der Waals surface area contributed by atoms with Gasteiger partial charge in [0.2, 0.25) is 7.37 Å². The molecule has 23 heavy (non-hydrogen) atoms. The van der Waals surface area contributed by atoms with Crippen LogP contribution in [0.25, 0.3) is 0 Å². The lowest BCUT2D eigenvalue weighted by Gasteiger charge is -2.11. The molecular formula is C18H39O4P. The third kappa shape index (κ3) is 18.3. The lowest BCUT2D eigenvalue weighted by molar-refractivity contribution is 0.282. The van der Waals surface area contributed by atoms with Crippen LogP contribution in [0.4, 0.5) is 0 Å². The summed E-state index contributed by atoms with van der Waals surface area (Å²) in [6.45, 7) is 0.576. The standard InChI is InChI=1S/C18H39O4P/c19-15-11-7-3-1-5-9-13-17-23(21,22)18-14-10-6-2-4-8-12-16-20/h19-20H,1-18H2,(H,21,22). The first-order valence-corrected chi connectivity index (χ1v) is 11.7. The molecule has 0 rings (SSSR count). The van der Waals surface area contributed by atoms with Crippen molar-refractivity contribution in [2.45, 2.75) is 89.9 Å². The Balaban J connectivity index is 3.35. The Morgan fingerprint density at radius 3 is 1.04 bits per heavy atom. The average Bonchev–Trinajstić information content (AvgIpc) is 2.52. The van der Waals surface area contributed by atoms with Crippen molar-refractivity contribution < 1.29 is 19.7 Å². The van der Waals surface area contributed by atoms with Gasteiger partial charge in [0.25, 0.3) is 0 Å². The number of rotatable bonds is 18. The largest absolute Gasteiger partial charge is 0.396 e. The lowest BCUT2D eigenvalue weighted by Crippen LogP contribution is -1.96. The molecule has 0 unspecified atom stereocenters. The predicted octanol–water partition coefficient (Wildman–Crippen LogP) is 4.70. The molecule has 0 heterocycles. The van der Waals surface area contributed by atoms with Crippen LogP contribution in [-0.4, -0.2) is 40.6 Å². The van der Waals surface area contributed by atoms with Gasteiger partial charge in [-0.1, -0.05) is 64.2 Å². The van der Waals surface area contributed by atoms with Gasteiger partial charge in [-0.2, -0.15) is 0 Å². The quantitative estimate of drug-likeness (QED) is 0.247. The molecule has 4 nitrogen and oxygen atoms in total. The van der Waals surface area contributed by atoms with Crippen LogP contribution in [0.15, 0.2) is 0 Å². The fraction of sp³-hybridized carbons (Fsp3) is 1.00. The maximum absolute atomic E-state index is 12.1. The molecule has 0 amide bonds. The minimum absolute atomic E-state index is 0.288.